The predicted molar refractivity (Wildman–Crippen MR) is 95.6 cm³/mol. The number of nitrogens with two attached hydrogens (primary N) is 1. The van der Waals surface area contributed by atoms with Crippen LogP contribution < -0.4 is 5.73 Å². The van der Waals surface area contributed by atoms with Gasteiger partial charge in [0.25, 0.3) is 0 Å². The van der Waals surface area contributed by atoms with Gasteiger partial charge in [-0.3, -0.25) is 0 Å². The highest BCUT2D eigenvalue weighted by Crippen LogP contribution is 2.43. The second-order valence-corrected chi connectivity index (χ2v) is 7.12. The van der Waals surface area contributed by atoms with E-state index < -0.39 is 23.6 Å². The van der Waals surface area contributed by atoms with E-state index in [1.807, 2.05) is 44.2 Å². The van der Waals surface area contributed by atoms with Gasteiger partial charge in [0.15, 0.2) is 5.60 Å². The lowest BCUT2D eigenvalue weighted by Gasteiger charge is -2.39. The zero-order valence-electron chi connectivity index (χ0n) is 15.4. The topological polar surface area (TPSA) is 78.6 Å². The molecule has 1 aliphatic rings. The molecule has 1 aliphatic carbocycles. The monoisotopic (exact) mass is 347 g/mol. The third-order valence-electron chi connectivity index (χ3n) is 5.19. The Morgan fingerprint density at radius 1 is 1.12 bits per heavy atom. The van der Waals surface area contributed by atoms with Crippen molar-refractivity contribution in [3.8, 4) is 0 Å². The van der Waals surface area contributed by atoms with E-state index in [1.165, 1.54) is 7.11 Å². The minimum absolute atomic E-state index is 0.0239. The first-order chi connectivity index (χ1) is 11.9. The third kappa shape index (κ3) is 4.10. The molecule has 25 heavy (non-hydrogen) atoms. The van der Waals surface area contributed by atoms with E-state index in [0.717, 1.165) is 37.7 Å². The molecule has 1 saturated carbocycles. The van der Waals surface area contributed by atoms with Crippen molar-refractivity contribution < 1.29 is 19.1 Å². The van der Waals surface area contributed by atoms with Crippen molar-refractivity contribution in [3.63, 3.8) is 0 Å². The Kier molecular flexibility index (Phi) is 6.73. The molecule has 2 N–H and O–H groups in total. The van der Waals surface area contributed by atoms with Gasteiger partial charge in [0.05, 0.1) is 0 Å². The molecule has 0 heterocycles. The Bertz CT molecular complexity index is 581. The summed E-state index contributed by atoms with van der Waals surface area (Å²) in [5.41, 5.74) is 5.30. The average Bonchev–Trinajstić information content (AvgIpc) is 2.63. The number of carbonyl (C=O) groups is 2. The molecule has 5 heteroatoms. The van der Waals surface area contributed by atoms with Crippen LogP contribution >= 0.6 is 0 Å². The van der Waals surface area contributed by atoms with Gasteiger partial charge in [0.1, 0.15) is 6.04 Å². The van der Waals surface area contributed by atoms with Gasteiger partial charge in [-0.25, -0.2) is 9.59 Å². The normalized spacial score (nSPS) is 19.2. The highest BCUT2D eigenvalue weighted by Gasteiger charge is 2.50. The van der Waals surface area contributed by atoms with Crippen molar-refractivity contribution in [1.29, 1.82) is 0 Å². The summed E-state index contributed by atoms with van der Waals surface area (Å²) in [5, 5.41) is 0. The SMILES string of the molecule is COC(C(=O)OC(=O)[C@H](N)C(C)C)(c1ccccc1)C1CCCCC1. The molecule has 1 aromatic rings. The smallest absolute Gasteiger partial charge is 0.351 e. The Hall–Kier alpha value is -1.72. The van der Waals surface area contributed by atoms with E-state index in [-0.39, 0.29) is 11.8 Å². The van der Waals surface area contributed by atoms with Gasteiger partial charge < -0.3 is 15.2 Å². The zero-order chi connectivity index (χ0) is 18.4. The van der Waals surface area contributed by atoms with Crippen LogP contribution in [0.1, 0.15) is 51.5 Å². The van der Waals surface area contributed by atoms with Gasteiger partial charge in [-0.15, -0.1) is 0 Å². The summed E-state index contributed by atoms with van der Waals surface area (Å²) >= 11 is 0. The fraction of sp³-hybridized carbons (Fsp3) is 0.600. The minimum atomic E-state index is -1.27. The second-order valence-electron chi connectivity index (χ2n) is 7.12. The molecule has 0 spiro atoms. The van der Waals surface area contributed by atoms with Crippen LogP contribution in [-0.4, -0.2) is 25.1 Å². The molecule has 0 bridgehead atoms. The Balaban J connectivity index is 2.36. The lowest BCUT2D eigenvalue weighted by Crippen LogP contribution is -2.49. The number of esters is 2. The van der Waals surface area contributed by atoms with Gasteiger partial charge in [-0.1, -0.05) is 63.4 Å². The lowest BCUT2D eigenvalue weighted by atomic mass is 9.73. The molecular formula is C20H29NO4. The first-order valence-electron chi connectivity index (χ1n) is 9.05. The van der Waals surface area contributed by atoms with Gasteiger partial charge in [0.2, 0.25) is 0 Å². The van der Waals surface area contributed by atoms with Crippen LogP contribution in [-0.2, 0) is 24.7 Å². The number of rotatable bonds is 6. The first kappa shape index (κ1) is 19.6. The molecule has 0 amide bonds. The summed E-state index contributed by atoms with van der Waals surface area (Å²) in [6, 6.07) is 8.48. The summed E-state index contributed by atoms with van der Waals surface area (Å²) in [7, 11) is 1.51. The van der Waals surface area contributed by atoms with E-state index in [4.69, 9.17) is 15.2 Å². The van der Waals surface area contributed by atoms with Crippen LogP contribution in [0.25, 0.3) is 0 Å². The van der Waals surface area contributed by atoms with E-state index in [2.05, 4.69) is 0 Å². The van der Waals surface area contributed by atoms with Crippen molar-refractivity contribution in [3.05, 3.63) is 35.9 Å². The summed E-state index contributed by atoms with van der Waals surface area (Å²) < 4.78 is 11.0. The number of hydrogen-bond donors (Lipinski definition) is 1. The maximum atomic E-state index is 13.1. The average molecular weight is 347 g/mol. The highest BCUT2D eigenvalue weighted by molar-refractivity contribution is 5.93. The van der Waals surface area contributed by atoms with Gasteiger partial charge in [-0.05, 0) is 24.3 Å². The standard InChI is InChI=1S/C20H29NO4/c1-14(2)17(21)18(22)25-19(23)20(24-3,15-10-6-4-7-11-15)16-12-8-5-9-13-16/h4,6-7,10-11,14,16-17H,5,8-9,12-13,21H2,1-3H3/t17-,20?/m1/s1. The number of ether oxygens (including phenoxy) is 2. The van der Waals surface area contributed by atoms with E-state index in [9.17, 15) is 9.59 Å². The molecule has 0 aliphatic heterocycles. The van der Waals surface area contributed by atoms with Crippen LogP contribution in [0.3, 0.4) is 0 Å². The number of hydrogen-bond acceptors (Lipinski definition) is 5. The fourth-order valence-corrected chi connectivity index (χ4v) is 3.59. The Labute approximate surface area is 149 Å². The molecule has 0 radical (unpaired) electrons. The zero-order valence-corrected chi connectivity index (χ0v) is 15.4. The molecule has 1 unspecified atom stereocenters. The van der Waals surface area contributed by atoms with Gasteiger partial charge in [-0.2, -0.15) is 0 Å². The van der Waals surface area contributed by atoms with Crippen LogP contribution in [0.2, 0.25) is 0 Å². The fourth-order valence-electron chi connectivity index (χ4n) is 3.59. The Morgan fingerprint density at radius 3 is 2.24 bits per heavy atom. The molecule has 0 aromatic heterocycles. The Morgan fingerprint density at radius 2 is 1.72 bits per heavy atom. The van der Waals surface area contributed by atoms with Crippen molar-refractivity contribution in [1.82, 2.24) is 0 Å². The van der Waals surface area contributed by atoms with Crippen LogP contribution in [0.15, 0.2) is 30.3 Å². The molecule has 1 fully saturated rings. The molecule has 1 aromatic carbocycles. The van der Waals surface area contributed by atoms with Crippen molar-refractivity contribution >= 4 is 11.9 Å². The molecule has 2 atom stereocenters. The molecule has 2 rings (SSSR count). The highest BCUT2D eigenvalue weighted by atomic mass is 16.6. The quantitative estimate of drug-likeness (QED) is 0.632. The number of carbonyl (C=O) groups excluding carboxylic acids is 2. The predicted octanol–water partition coefficient (Wildman–Crippen LogP) is 3.16. The summed E-state index contributed by atoms with van der Waals surface area (Å²) in [6.07, 6.45) is 4.95. The maximum Gasteiger partial charge on any atom is 0.351 e. The van der Waals surface area contributed by atoms with Crippen molar-refractivity contribution in [2.75, 3.05) is 7.11 Å². The first-order valence-corrected chi connectivity index (χ1v) is 9.05. The van der Waals surface area contributed by atoms with Crippen LogP contribution in [0, 0.1) is 11.8 Å². The molecule has 0 saturated heterocycles. The van der Waals surface area contributed by atoms with E-state index in [1.54, 1.807) is 0 Å². The number of benzene rings is 1. The van der Waals surface area contributed by atoms with Crippen LogP contribution in [0.4, 0.5) is 0 Å². The third-order valence-corrected chi connectivity index (χ3v) is 5.19. The summed E-state index contributed by atoms with van der Waals surface area (Å²) in [4.78, 5) is 25.4. The lowest BCUT2D eigenvalue weighted by molar-refractivity contribution is -0.187. The largest absolute Gasteiger partial charge is 0.390 e. The molecular weight excluding hydrogens is 318 g/mol. The van der Waals surface area contributed by atoms with Gasteiger partial charge in [0, 0.05) is 13.0 Å². The van der Waals surface area contributed by atoms with Crippen molar-refractivity contribution in [2.24, 2.45) is 17.6 Å². The van der Waals surface area contributed by atoms with Crippen LogP contribution in [0.5, 0.6) is 0 Å². The second kappa shape index (κ2) is 8.59. The minimum Gasteiger partial charge on any atom is -0.390 e. The summed E-state index contributed by atoms with van der Waals surface area (Å²) in [5.74, 6) is -1.49. The van der Waals surface area contributed by atoms with Crippen molar-refractivity contribution in [2.45, 2.75) is 57.6 Å². The maximum absolute atomic E-state index is 13.1. The number of methoxy groups -OCH3 is 1. The summed E-state index contributed by atoms with van der Waals surface area (Å²) in [6.45, 7) is 3.64. The molecule has 5 nitrogen and oxygen atoms in total. The van der Waals surface area contributed by atoms with Gasteiger partial charge >= 0.3 is 11.9 Å². The molecule has 138 valence electrons. The van der Waals surface area contributed by atoms with E-state index >= 15 is 0 Å². The van der Waals surface area contributed by atoms with E-state index in [0.29, 0.717) is 0 Å².